The van der Waals surface area contributed by atoms with Crippen LogP contribution >= 0.6 is 11.6 Å². The molecule has 0 aliphatic carbocycles. The Kier molecular flexibility index (Phi) is 6.27. The van der Waals surface area contributed by atoms with E-state index < -0.39 is 0 Å². The van der Waals surface area contributed by atoms with Crippen molar-refractivity contribution in [2.75, 3.05) is 5.32 Å². The number of anilines is 1. The van der Waals surface area contributed by atoms with Crippen molar-refractivity contribution in [1.82, 2.24) is 15.2 Å². The van der Waals surface area contributed by atoms with Crippen LogP contribution in [0.15, 0.2) is 83.4 Å². The standard InChI is InChI=1S/C26H21ClN4O3/c27-19-11-8-17(9-12-19)26-31-30-25(34-26)16-33-21-5-3-4-20(14-21)29-24(32)13-10-18-15-28-23-7-2-1-6-22(18)23/h1-9,11-12,14-15,28H,10,13,16H2,(H,29,32). The highest BCUT2D eigenvalue weighted by Gasteiger charge is 2.11. The van der Waals surface area contributed by atoms with Crippen LogP contribution in [0.4, 0.5) is 5.69 Å². The van der Waals surface area contributed by atoms with Gasteiger partial charge < -0.3 is 19.5 Å². The molecule has 2 N–H and O–H groups in total. The van der Waals surface area contributed by atoms with Crippen LogP contribution in [0.2, 0.25) is 5.02 Å². The van der Waals surface area contributed by atoms with Crippen LogP contribution in [0.5, 0.6) is 5.75 Å². The number of benzene rings is 3. The molecule has 34 heavy (non-hydrogen) atoms. The van der Waals surface area contributed by atoms with Crippen LogP contribution in [-0.4, -0.2) is 21.1 Å². The Morgan fingerprint density at radius 3 is 2.76 bits per heavy atom. The molecule has 5 aromatic rings. The molecule has 0 aliphatic rings. The quantitative estimate of drug-likeness (QED) is 0.288. The lowest BCUT2D eigenvalue weighted by molar-refractivity contribution is -0.116. The highest BCUT2D eigenvalue weighted by atomic mass is 35.5. The Bertz CT molecular complexity index is 1430. The highest BCUT2D eigenvalue weighted by molar-refractivity contribution is 6.30. The Morgan fingerprint density at radius 1 is 1.03 bits per heavy atom. The summed E-state index contributed by atoms with van der Waals surface area (Å²) < 4.78 is 11.4. The normalized spacial score (nSPS) is 11.0. The van der Waals surface area contributed by atoms with E-state index >= 15 is 0 Å². The van der Waals surface area contributed by atoms with Crippen molar-refractivity contribution >= 4 is 34.1 Å². The molecule has 0 bridgehead atoms. The second-order valence-corrected chi connectivity index (χ2v) is 8.17. The van der Waals surface area contributed by atoms with Gasteiger partial charge >= 0.3 is 0 Å². The topological polar surface area (TPSA) is 93.0 Å². The smallest absolute Gasteiger partial charge is 0.254 e. The summed E-state index contributed by atoms with van der Waals surface area (Å²) in [6, 6.07) is 22.4. The van der Waals surface area contributed by atoms with Gasteiger partial charge in [-0.15, -0.1) is 10.2 Å². The zero-order valence-electron chi connectivity index (χ0n) is 18.1. The second kappa shape index (κ2) is 9.80. The van der Waals surface area contributed by atoms with Gasteiger partial charge in [-0.3, -0.25) is 4.79 Å². The van der Waals surface area contributed by atoms with E-state index in [4.69, 9.17) is 20.8 Å². The number of hydrogen-bond donors (Lipinski definition) is 2. The molecule has 0 fully saturated rings. The SMILES string of the molecule is O=C(CCc1c[nH]c2ccccc12)Nc1cccc(OCc2nnc(-c3ccc(Cl)cc3)o2)c1. The van der Waals surface area contributed by atoms with Gasteiger partial charge in [-0.1, -0.05) is 35.9 Å². The van der Waals surface area contributed by atoms with Gasteiger partial charge in [0.25, 0.3) is 5.89 Å². The molecule has 2 aromatic heterocycles. The lowest BCUT2D eigenvalue weighted by Gasteiger charge is -2.08. The average Bonchev–Trinajstić information content (AvgIpc) is 3.50. The first kappa shape index (κ1) is 21.7. The maximum absolute atomic E-state index is 12.5. The summed E-state index contributed by atoms with van der Waals surface area (Å²) >= 11 is 5.91. The summed E-state index contributed by atoms with van der Waals surface area (Å²) in [5.41, 5.74) is 3.64. The predicted octanol–water partition coefficient (Wildman–Crippen LogP) is 6.02. The number of carbonyl (C=O) groups excluding carboxylic acids is 1. The van der Waals surface area contributed by atoms with E-state index in [0.717, 1.165) is 22.0 Å². The van der Waals surface area contributed by atoms with Crippen LogP contribution in [0.3, 0.4) is 0 Å². The summed E-state index contributed by atoms with van der Waals surface area (Å²) in [7, 11) is 0. The Balaban J connectivity index is 1.15. The molecule has 0 saturated carbocycles. The van der Waals surface area contributed by atoms with E-state index in [1.165, 1.54) is 0 Å². The van der Waals surface area contributed by atoms with E-state index in [1.54, 1.807) is 24.3 Å². The molecule has 170 valence electrons. The highest BCUT2D eigenvalue weighted by Crippen LogP contribution is 2.23. The molecule has 0 aliphatic heterocycles. The number of carbonyl (C=O) groups is 1. The van der Waals surface area contributed by atoms with Gasteiger partial charge in [-0.25, -0.2) is 0 Å². The van der Waals surface area contributed by atoms with Crippen molar-refractivity contribution in [2.45, 2.75) is 19.4 Å². The Hall–Kier alpha value is -4.10. The minimum atomic E-state index is -0.0630. The zero-order valence-corrected chi connectivity index (χ0v) is 18.9. The molecule has 8 heteroatoms. The van der Waals surface area contributed by atoms with Gasteiger partial charge in [-0.05, 0) is 54.4 Å². The first-order chi connectivity index (χ1) is 16.6. The minimum Gasteiger partial charge on any atom is -0.484 e. The largest absolute Gasteiger partial charge is 0.484 e. The molecule has 0 radical (unpaired) electrons. The number of amides is 1. The lowest BCUT2D eigenvalue weighted by atomic mass is 10.1. The fraction of sp³-hybridized carbons (Fsp3) is 0.115. The number of nitrogens with one attached hydrogen (secondary N) is 2. The van der Waals surface area contributed by atoms with Gasteiger partial charge in [0.05, 0.1) is 0 Å². The number of aromatic amines is 1. The number of ether oxygens (including phenoxy) is 1. The second-order valence-electron chi connectivity index (χ2n) is 7.73. The van der Waals surface area contributed by atoms with Crippen molar-refractivity contribution < 1.29 is 13.9 Å². The van der Waals surface area contributed by atoms with Crippen molar-refractivity contribution in [2.24, 2.45) is 0 Å². The number of aryl methyl sites for hydroxylation is 1. The summed E-state index contributed by atoms with van der Waals surface area (Å²) in [4.78, 5) is 15.7. The molecule has 3 aromatic carbocycles. The number of para-hydroxylation sites is 1. The molecule has 7 nitrogen and oxygen atoms in total. The number of rotatable bonds is 8. The fourth-order valence-electron chi connectivity index (χ4n) is 3.64. The average molecular weight is 473 g/mol. The minimum absolute atomic E-state index is 0.0630. The maximum Gasteiger partial charge on any atom is 0.254 e. The molecular weight excluding hydrogens is 452 g/mol. The summed E-state index contributed by atoms with van der Waals surface area (Å²) in [5, 5.41) is 12.8. The zero-order chi connectivity index (χ0) is 23.3. The van der Waals surface area contributed by atoms with Crippen LogP contribution in [-0.2, 0) is 17.8 Å². The molecule has 1 amide bonds. The number of H-pyrrole nitrogens is 1. The molecule has 0 atom stereocenters. The van der Waals surface area contributed by atoms with Crippen molar-refractivity contribution in [3.8, 4) is 17.2 Å². The number of aromatic nitrogens is 3. The number of hydrogen-bond acceptors (Lipinski definition) is 5. The Morgan fingerprint density at radius 2 is 1.88 bits per heavy atom. The lowest BCUT2D eigenvalue weighted by Crippen LogP contribution is -2.12. The van der Waals surface area contributed by atoms with Gasteiger partial charge in [0.15, 0.2) is 6.61 Å². The van der Waals surface area contributed by atoms with E-state index in [2.05, 4.69) is 26.6 Å². The summed E-state index contributed by atoms with van der Waals surface area (Å²) in [5.74, 6) is 1.26. The van der Waals surface area contributed by atoms with E-state index in [1.807, 2.05) is 48.7 Å². The molecule has 0 unspecified atom stereocenters. The monoisotopic (exact) mass is 472 g/mol. The van der Waals surface area contributed by atoms with Crippen molar-refractivity contribution in [3.05, 3.63) is 95.5 Å². The molecule has 0 spiro atoms. The first-order valence-corrected chi connectivity index (χ1v) is 11.2. The van der Waals surface area contributed by atoms with Crippen LogP contribution in [0.25, 0.3) is 22.4 Å². The van der Waals surface area contributed by atoms with Crippen LogP contribution in [0.1, 0.15) is 17.9 Å². The molecular formula is C26H21ClN4O3. The maximum atomic E-state index is 12.5. The van der Waals surface area contributed by atoms with Gasteiger partial charge in [0.1, 0.15) is 5.75 Å². The van der Waals surface area contributed by atoms with E-state index in [0.29, 0.717) is 41.1 Å². The van der Waals surface area contributed by atoms with Gasteiger partial charge in [0.2, 0.25) is 11.8 Å². The first-order valence-electron chi connectivity index (χ1n) is 10.8. The van der Waals surface area contributed by atoms with Crippen molar-refractivity contribution in [3.63, 3.8) is 0 Å². The van der Waals surface area contributed by atoms with Crippen LogP contribution in [0, 0.1) is 0 Å². The van der Waals surface area contributed by atoms with Crippen molar-refractivity contribution in [1.29, 1.82) is 0 Å². The summed E-state index contributed by atoms with van der Waals surface area (Å²) in [6.07, 6.45) is 2.99. The third-order valence-corrected chi connectivity index (χ3v) is 5.59. The van der Waals surface area contributed by atoms with E-state index in [9.17, 15) is 4.79 Å². The number of halogens is 1. The van der Waals surface area contributed by atoms with Crippen LogP contribution < -0.4 is 10.1 Å². The molecule has 2 heterocycles. The Labute approximate surface area is 200 Å². The van der Waals surface area contributed by atoms with Gasteiger partial charge in [-0.2, -0.15) is 0 Å². The number of fused-ring (bicyclic) bond motifs is 1. The number of nitrogens with zero attached hydrogens (tertiary/aromatic N) is 2. The third-order valence-electron chi connectivity index (χ3n) is 5.33. The van der Waals surface area contributed by atoms with Gasteiger partial charge in [0, 0.05) is 45.9 Å². The fourth-order valence-corrected chi connectivity index (χ4v) is 3.77. The third kappa shape index (κ3) is 5.10. The predicted molar refractivity (Wildman–Crippen MR) is 131 cm³/mol. The summed E-state index contributed by atoms with van der Waals surface area (Å²) in [6.45, 7) is 0.110. The van der Waals surface area contributed by atoms with E-state index in [-0.39, 0.29) is 12.5 Å². The molecule has 0 saturated heterocycles. The molecule has 5 rings (SSSR count).